The quantitative estimate of drug-likeness (QED) is 0.657. The number of hydrogen-bond donors (Lipinski definition) is 0. The Morgan fingerprint density at radius 3 is 3.08 bits per heavy atom. The van der Waals surface area contributed by atoms with Crippen LogP contribution in [0.25, 0.3) is 0 Å². The van der Waals surface area contributed by atoms with Gasteiger partial charge in [0.2, 0.25) is 0 Å². The largest absolute Gasteiger partial charge is 0.497 e. The zero-order valence-corrected chi connectivity index (χ0v) is 8.15. The average molecular weight is 180 g/mol. The van der Waals surface area contributed by atoms with E-state index < -0.39 is 0 Å². The zero-order valence-electron chi connectivity index (χ0n) is 7.33. The first kappa shape index (κ1) is 7.99. The molecular weight excluding hydrogens is 168 g/mol. The van der Waals surface area contributed by atoms with Crippen LogP contribution < -0.4 is 4.74 Å². The Morgan fingerprint density at radius 1 is 1.50 bits per heavy atom. The molecule has 0 aliphatic carbocycles. The second-order valence-corrected chi connectivity index (χ2v) is 4.59. The van der Waals surface area contributed by atoms with E-state index in [1.54, 1.807) is 7.11 Å². The van der Waals surface area contributed by atoms with Crippen LogP contribution in [0.3, 0.4) is 0 Å². The minimum atomic E-state index is 0.729. The molecule has 1 aliphatic rings. The van der Waals surface area contributed by atoms with Crippen LogP contribution in [0, 0.1) is 0 Å². The molecule has 0 saturated heterocycles. The molecule has 0 N–H and O–H groups in total. The van der Waals surface area contributed by atoms with Crippen LogP contribution in [0.15, 0.2) is 23.1 Å². The molecule has 1 unspecified atom stereocenters. The van der Waals surface area contributed by atoms with E-state index >= 15 is 0 Å². The van der Waals surface area contributed by atoms with Crippen molar-refractivity contribution in [3.05, 3.63) is 23.8 Å². The summed E-state index contributed by atoms with van der Waals surface area (Å²) in [7, 11) is 1.72. The van der Waals surface area contributed by atoms with Gasteiger partial charge in [-0.25, -0.2) is 0 Å². The van der Waals surface area contributed by atoms with Crippen LogP contribution in [0.5, 0.6) is 5.75 Å². The van der Waals surface area contributed by atoms with Crippen LogP contribution in [-0.4, -0.2) is 12.4 Å². The normalized spacial score (nSPS) is 20.7. The van der Waals surface area contributed by atoms with Gasteiger partial charge in [0, 0.05) is 10.1 Å². The number of fused-ring (bicyclic) bond motifs is 1. The lowest BCUT2D eigenvalue weighted by atomic mass is 10.1. The Kier molecular flexibility index (Phi) is 2.01. The van der Waals surface area contributed by atoms with Gasteiger partial charge in [-0.2, -0.15) is 0 Å². The fourth-order valence-electron chi connectivity index (χ4n) is 1.53. The zero-order chi connectivity index (χ0) is 8.55. The predicted octanol–water partition coefficient (Wildman–Crippen LogP) is 2.73. The topological polar surface area (TPSA) is 9.23 Å². The van der Waals surface area contributed by atoms with Crippen LogP contribution in [0.4, 0.5) is 0 Å². The molecule has 0 saturated carbocycles. The highest BCUT2D eigenvalue weighted by molar-refractivity contribution is 8.00. The molecule has 64 valence electrons. The van der Waals surface area contributed by atoms with Crippen molar-refractivity contribution < 1.29 is 4.74 Å². The number of rotatable bonds is 1. The Labute approximate surface area is 77.1 Å². The molecule has 1 aliphatic heterocycles. The third-order valence-corrected chi connectivity index (χ3v) is 3.32. The summed E-state index contributed by atoms with van der Waals surface area (Å²) in [6.45, 7) is 2.26. The first-order chi connectivity index (χ1) is 5.79. The van der Waals surface area contributed by atoms with Crippen molar-refractivity contribution in [1.29, 1.82) is 0 Å². The molecule has 0 fully saturated rings. The second kappa shape index (κ2) is 3.02. The molecule has 1 nitrogen and oxygen atoms in total. The summed E-state index contributed by atoms with van der Waals surface area (Å²) < 4.78 is 5.17. The van der Waals surface area contributed by atoms with E-state index in [9.17, 15) is 0 Å². The first-order valence-corrected chi connectivity index (χ1v) is 5.01. The van der Waals surface area contributed by atoms with Crippen molar-refractivity contribution in [3.8, 4) is 5.75 Å². The monoisotopic (exact) mass is 180 g/mol. The van der Waals surface area contributed by atoms with Crippen molar-refractivity contribution in [3.63, 3.8) is 0 Å². The van der Waals surface area contributed by atoms with Gasteiger partial charge in [0.1, 0.15) is 5.75 Å². The van der Waals surface area contributed by atoms with Gasteiger partial charge in [-0.3, -0.25) is 0 Å². The molecule has 1 aromatic carbocycles. The van der Waals surface area contributed by atoms with Crippen molar-refractivity contribution in [2.45, 2.75) is 23.5 Å². The minimum absolute atomic E-state index is 0.729. The minimum Gasteiger partial charge on any atom is -0.497 e. The van der Waals surface area contributed by atoms with Crippen molar-refractivity contribution in [1.82, 2.24) is 0 Å². The van der Waals surface area contributed by atoms with Crippen molar-refractivity contribution >= 4 is 11.8 Å². The van der Waals surface area contributed by atoms with Crippen LogP contribution in [0.2, 0.25) is 0 Å². The van der Waals surface area contributed by atoms with E-state index in [2.05, 4.69) is 19.1 Å². The summed E-state index contributed by atoms with van der Waals surface area (Å²) in [5.41, 5.74) is 1.44. The van der Waals surface area contributed by atoms with Crippen molar-refractivity contribution in [2.75, 3.05) is 7.11 Å². The molecule has 12 heavy (non-hydrogen) atoms. The Morgan fingerprint density at radius 2 is 2.33 bits per heavy atom. The highest BCUT2D eigenvalue weighted by Gasteiger charge is 2.18. The number of thioether (sulfide) groups is 1. The van der Waals surface area contributed by atoms with Gasteiger partial charge in [0.05, 0.1) is 7.11 Å². The Bertz CT molecular complexity index is 296. The van der Waals surface area contributed by atoms with Gasteiger partial charge in [-0.15, -0.1) is 11.8 Å². The summed E-state index contributed by atoms with van der Waals surface area (Å²) in [5, 5.41) is 0.729. The van der Waals surface area contributed by atoms with Gasteiger partial charge in [-0.1, -0.05) is 6.92 Å². The Hall–Kier alpha value is -0.630. The highest BCUT2D eigenvalue weighted by Crippen LogP contribution is 2.38. The smallest absolute Gasteiger partial charge is 0.119 e. The van der Waals surface area contributed by atoms with Crippen molar-refractivity contribution in [2.24, 2.45) is 0 Å². The molecule has 2 heteroatoms. The summed E-state index contributed by atoms with van der Waals surface area (Å²) in [6, 6.07) is 6.33. The SMILES string of the molecule is COc1ccc2c(c1)CC(C)S2. The van der Waals surface area contributed by atoms with E-state index in [-0.39, 0.29) is 0 Å². The lowest BCUT2D eigenvalue weighted by Crippen LogP contribution is -1.91. The first-order valence-electron chi connectivity index (χ1n) is 4.13. The van der Waals surface area contributed by atoms with Crippen LogP contribution in [0.1, 0.15) is 12.5 Å². The predicted molar refractivity (Wildman–Crippen MR) is 52.0 cm³/mol. The van der Waals surface area contributed by atoms with Gasteiger partial charge in [-0.05, 0) is 30.2 Å². The summed E-state index contributed by atoms with van der Waals surface area (Å²) >= 11 is 1.95. The van der Waals surface area contributed by atoms with Gasteiger partial charge in [0.25, 0.3) is 0 Å². The molecule has 1 heterocycles. The standard InChI is InChI=1S/C10H12OS/c1-7-5-8-6-9(11-2)3-4-10(8)12-7/h3-4,6-7H,5H2,1-2H3. The fraction of sp³-hybridized carbons (Fsp3) is 0.400. The molecule has 0 bridgehead atoms. The Balaban J connectivity index is 2.35. The summed E-state index contributed by atoms with van der Waals surface area (Å²) in [4.78, 5) is 1.42. The molecule has 0 radical (unpaired) electrons. The molecular formula is C10H12OS. The molecule has 0 amide bonds. The molecule has 1 atom stereocenters. The lowest BCUT2D eigenvalue weighted by molar-refractivity contribution is 0.414. The maximum absolute atomic E-state index is 5.17. The van der Waals surface area contributed by atoms with E-state index in [4.69, 9.17) is 4.74 Å². The number of ether oxygens (including phenoxy) is 1. The third kappa shape index (κ3) is 1.31. The third-order valence-electron chi connectivity index (χ3n) is 2.10. The van der Waals surface area contributed by atoms with E-state index in [1.165, 1.54) is 16.9 Å². The fourth-order valence-corrected chi connectivity index (χ4v) is 2.66. The number of hydrogen-bond acceptors (Lipinski definition) is 2. The summed E-state index contributed by atoms with van der Waals surface area (Å²) in [6.07, 6.45) is 1.18. The maximum atomic E-state index is 5.17. The maximum Gasteiger partial charge on any atom is 0.119 e. The van der Waals surface area contributed by atoms with E-state index in [1.807, 2.05) is 17.8 Å². The average Bonchev–Trinajstić information content (AvgIpc) is 2.43. The highest BCUT2D eigenvalue weighted by atomic mass is 32.2. The van der Waals surface area contributed by atoms with E-state index in [0.29, 0.717) is 0 Å². The molecule has 0 aromatic heterocycles. The summed E-state index contributed by atoms with van der Waals surface area (Å²) in [5.74, 6) is 0.975. The lowest BCUT2D eigenvalue weighted by Gasteiger charge is -2.01. The molecule has 0 spiro atoms. The molecule has 1 aromatic rings. The van der Waals surface area contributed by atoms with Gasteiger partial charge in [0.15, 0.2) is 0 Å². The second-order valence-electron chi connectivity index (χ2n) is 3.11. The number of methoxy groups -OCH3 is 1. The molecule has 2 rings (SSSR count). The van der Waals surface area contributed by atoms with Gasteiger partial charge < -0.3 is 4.74 Å². The number of benzene rings is 1. The van der Waals surface area contributed by atoms with Gasteiger partial charge >= 0.3 is 0 Å². The van der Waals surface area contributed by atoms with Crippen LogP contribution >= 0.6 is 11.8 Å². The van der Waals surface area contributed by atoms with Crippen LogP contribution in [-0.2, 0) is 6.42 Å². The van der Waals surface area contributed by atoms with E-state index in [0.717, 1.165) is 11.0 Å².